The molecule has 4 heteroatoms. The van der Waals surface area contributed by atoms with Crippen molar-refractivity contribution in [2.75, 3.05) is 0 Å². The number of halogens is 1. The molecule has 19 heavy (non-hydrogen) atoms. The van der Waals surface area contributed by atoms with E-state index in [0.717, 1.165) is 21.9 Å². The Morgan fingerprint density at radius 1 is 0.947 bits per heavy atom. The third-order valence-electron chi connectivity index (χ3n) is 3.08. The Bertz CT molecular complexity index is 591. The van der Waals surface area contributed by atoms with Crippen LogP contribution in [0, 0.1) is 27.7 Å². The number of rotatable bonds is 3. The van der Waals surface area contributed by atoms with Crippen molar-refractivity contribution >= 4 is 23.4 Å². The van der Waals surface area contributed by atoms with Crippen LogP contribution >= 0.6 is 23.4 Å². The van der Waals surface area contributed by atoms with E-state index in [4.69, 9.17) is 11.6 Å². The Morgan fingerprint density at radius 3 is 2.21 bits per heavy atom. The molecule has 0 saturated heterocycles. The Morgan fingerprint density at radius 2 is 1.58 bits per heavy atom. The van der Waals surface area contributed by atoms with Crippen LogP contribution in [0.15, 0.2) is 23.2 Å². The maximum Gasteiger partial charge on any atom is 0.154 e. The molecule has 0 unspecified atom stereocenters. The van der Waals surface area contributed by atoms with Crippen LogP contribution in [0.5, 0.6) is 0 Å². The summed E-state index contributed by atoms with van der Waals surface area (Å²) in [6, 6.07) is 6.61. The Balaban J connectivity index is 2.17. The van der Waals surface area contributed by atoms with Gasteiger partial charge in [-0.3, -0.25) is 0 Å². The molecular formula is C15H17ClN2S. The van der Waals surface area contributed by atoms with Gasteiger partial charge >= 0.3 is 0 Å². The molecule has 1 heterocycles. The van der Waals surface area contributed by atoms with Gasteiger partial charge in [0, 0.05) is 5.75 Å². The summed E-state index contributed by atoms with van der Waals surface area (Å²) in [6.07, 6.45) is 0. The first-order valence-electron chi connectivity index (χ1n) is 6.16. The summed E-state index contributed by atoms with van der Waals surface area (Å²) in [4.78, 5) is 0. The zero-order valence-corrected chi connectivity index (χ0v) is 13.2. The van der Waals surface area contributed by atoms with Crippen LogP contribution in [0.4, 0.5) is 0 Å². The Labute approximate surface area is 123 Å². The summed E-state index contributed by atoms with van der Waals surface area (Å²) in [5, 5.41) is 9.61. The van der Waals surface area contributed by atoms with E-state index in [2.05, 4.69) is 42.2 Å². The fraction of sp³-hybridized carbons (Fsp3) is 0.333. The van der Waals surface area contributed by atoms with E-state index in [1.165, 1.54) is 16.7 Å². The van der Waals surface area contributed by atoms with Crippen LogP contribution in [0.2, 0.25) is 5.15 Å². The molecule has 0 amide bonds. The maximum atomic E-state index is 5.96. The average Bonchev–Trinajstić information content (AvgIpc) is 2.34. The number of nitrogens with zero attached hydrogens (tertiary/aromatic N) is 2. The molecule has 0 fully saturated rings. The van der Waals surface area contributed by atoms with E-state index in [1.807, 2.05) is 13.8 Å². The molecule has 1 aromatic heterocycles. The van der Waals surface area contributed by atoms with Gasteiger partial charge in [-0.1, -0.05) is 52.7 Å². The van der Waals surface area contributed by atoms with E-state index >= 15 is 0 Å². The van der Waals surface area contributed by atoms with Crippen LogP contribution in [-0.2, 0) is 5.75 Å². The molecule has 0 bridgehead atoms. The third kappa shape index (κ3) is 3.48. The zero-order chi connectivity index (χ0) is 14.0. The fourth-order valence-corrected chi connectivity index (χ4v) is 3.11. The highest BCUT2D eigenvalue weighted by atomic mass is 35.5. The number of hydrogen-bond donors (Lipinski definition) is 0. The van der Waals surface area contributed by atoms with Gasteiger partial charge in [0.2, 0.25) is 0 Å². The highest BCUT2D eigenvalue weighted by molar-refractivity contribution is 7.98. The van der Waals surface area contributed by atoms with Gasteiger partial charge in [-0.05, 0) is 44.4 Å². The summed E-state index contributed by atoms with van der Waals surface area (Å²) < 4.78 is 0. The molecule has 0 aliphatic heterocycles. The smallest absolute Gasteiger partial charge is 0.142 e. The van der Waals surface area contributed by atoms with Gasteiger partial charge in [0.05, 0.1) is 0 Å². The zero-order valence-electron chi connectivity index (χ0n) is 11.6. The minimum Gasteiger partial charge on any atom is -0.142 e. The highest BCUT2D eigenvalue weighted by Crippen LogP contribution is 2.28. The van der Waals surface area contributed by atoms with Crippen molar-refractivity contribution in [3.63, 3.8) is 0 Å². The summed E-state index contributed by atoms with van der Waals surface area (Å²) >= 11 is 7.67. The second-order valence-electron chi connectivity index (χ2n) is 4.83. The fourth-order valence-electron chi connectivity index (χ4n) is 2.00. The van der Waals surface area contributed by atoms with Gasteiger partial charge < -0.3 is 0 Å². The van der Waals surface area contributed by atoms with Crippen molar-refractivity contribution in [3.8, 4) is 0 Å². The van der Waals surface area contributed by atoms with E-state index in [1.54, 1.807) is 11.8 Å². The molecule has 0 aliphatic carbocycles. The first-order chi connectivity index (χ1) is 8.97. The minimum absolute atomic E-state index is 0.494. The number of benzene rings is 1. The topological polar surface area (TPSA) is 25.8 Å². The number of hydrogen-bond acceptors (Lipinski definition) is 3. The lowest BCUT2D eigenvalue weighted by Gasteiger charge is -2.08. The first kappa shape index (κ1) is 14.4. The standard InChI is InChI=1S/C15H17ClN2S/c1-9-5-10(2)7-13(6-9)8-19-15-12(4)11(3)14(16)17-18-15/h5-7H,8H2,1-4H3. The summed E-state index contributed by atoms with van der Waals surface area (Å²) in [7, 11) is 0. The lowest BCUT2D eigenvalue weighted by molar-refractivity contribution is 0.891. The van der Waals surface area contributed by atoms with Crippen molar-refractivity contribution in [3.05, 3.63) is 51.2 Å². The van der Waals surface area contributed by atoms with Gasteiger partial charge in [0.25, 0.3) is 0 Å². The molecular weight excluding hydrogens is 276 g/mol. The molecule has 100 valence electrons. The molecule has 2 nitrogen and oxygen atoms in total. The van der Waals surface area contributed by atoms with Crippen molar-refractivity contribution in [1.29, 1.82) is 0 Å². The average molecular weight is 293 g/mol. The molecule has 2 aromatic rings. The maximum absolute atomic E-state index is 5.96. The van der Waals surface area contributed by atoms with Crippen molar-refractivity contribution in [1.82, 2.24) is 10.2 Å². The normalized spacial score (nSPS) is 10.8. The van der Waals surface area contributed by atoms with Crippen LogP contribution in [0.3, 0.4) is 0 Å². The number of aromatic nitrogens is 2. The van der Waals surface area contributed by atoms with Gasteiger partial charge in [-0.15, -0.1) is 10.2 Å². The molecule has 0 radical (unpaired) electrons. The quantitative estimate of drug-likeness (QED) is 0.770. The predicted octanol–water partition coefficient (Wildman–Crippen LogP) is 4.66. The highest BCUT2D eigenvalue weighted by Gasteiger charge is 2.09. The largest absolute Gasteiger partial charge is 0.154 e. The third-order valence-corrected chi connectivity index (χ3v) is 4.58. The molecule has 2 rings (SSSR count). The molecule has 0 atom stereocenters. The van der Waals surface area contributed by atoms with Crippen molar-refractivity contribution < 1.29 is 0 Å². The van der Waals surface area contributed by atoms with E-state index in [0.29, 0.717) is 5.15 Å². The van der Waals surface area contributed by atoms with Crippen LogP contribution in [-0.4, -0.2) is 10.2 Å². The van der Waals surface area contributed by atoms with Gasteiger partial charge in [0.15, 0.2) is 5.15 Å². The van der Waals surface area contributed by atoms with Gasteiger partial charge in [0.1, 0.15) is 5.03 Å². The Kier molecular flexibility index (Phi) is 4.48. The summed E-state index contributed by atoms with van der Waals surface area (Å²) in [5.74, 6) is 0.902. The van der Waals surface area contributed by atoms with Gasteiger partial charge in [-0.2, -0.15) is 0 Å². The molecule has 1 aromatic carbocycles. The summed E-state index contributed by atoms with van der Waals surface area (Å²) in [6.45, 7) is 8.27. The lowest BCUT2D eigenvalue weighted by Crippen LogP contribution is -1.96. The van der Waals surface area contributed by atoms with Crippen LogP contribution < -0.4 is 0 Å². The van der Waals surface area contributed by atoms with Crippen LogP contribution in [0.25, 0.3) is 0 Å². The predicted molar refractivity (Wildman–Crippen MR) is 82.0 cm³/mol. The molecule has 0 N–H and O–H groups in total. The van der Waals surface area contributed by atoms with E-state index in [-0.39, 0.29) is 0 Å². The second-order valence-corrected chi connectivity index (χ2v) is 6.15. The summed E-state index contributed by atoms with van der Waals surface area (Å²) in [5.41, 5.74) is 6.04. The Hall–Kier alpha value is -1.06. The SMILES string of the molecule is Cc1cc(C)cc(CSc2nnc(Cl)c(C)c2C)c1. The van der Waals surface area contributed by atoms with Crippen molar-refractivity contribution in [2.24, 2.45) is 0 Å². The minimum atomic E-state index is 0.494. The number of thioether (sulfide) groups is 1. The molecule has 0 spiro atoms. The number of aryl methyl sites for hydroxylation is 2. The lowest BCUT2D eigenvalue weighted by atomic mass is 10.1. The molecule has 0 saturated carbocycles. The van der Waals surface area contributed by atoms with Gasteiger partial charge in [-0.25, -0.2) is 0 Å². The van der Waals surface area contributed by atoms with Crippen molar-refractivity contribution in [2.45, 2.75) is 38.5 Å². The van der Waals surface area contributed by atoms with E-state index < -0.39 is 0 Å². The molecule has 0 aliphatic rings. The monoisotopic (exact) mass is 292 g/mol. The van der Waals surface area contributed by atoms with Crippen LogP contribution in [0.1, 0.15) is 27.8 Å². The van der Waals surface area contributed by atoms with E-state index in [9.17, 15) is 0 Å². The first-order valence-corrected chi connectivity index (χ1v) is 7.53. The second kappa shape index (κ2) is 5.93.